The van der Waals surface area contributed by atoms with Crippen LogP contribution in [-0.2, 0) is 22.0 Å². The van der Waals surface area contributed by atoms with Gasteiger partial charge < -0.3 is 10.8 Å². The molecule has 4 nitrogen and oxygen atoms in total. The lowest BCUT2D eigenvalue weighted by Gasteiger charge is -2.13. The lowest BCUT2D eigenvalue weighted by Crippen LogP contribution is -2.27. The summed E-state index contributed by atoms with van der Waals surface area (Å²) in [5.41, 5.74) is 7.34. The van der Waals surface area contributed by atoms with Crippen molar-refractivity contribution in [1.29, 1.82) is 0 Å². The van der Waals surface area contributed by atoms with Gasteiger partial charge in [0.25, 0.3) is 0 Å². The van der Waals surface area contributed by atoms with Gasteiger partial charge in [0.05, 0.1) is 17.3 Å². The molecule has 0 amide bonds. The minimum absolute atomic E-state index is 0. The van der Waals surface area contributed by atoms with E-state index in [1.807, 2.05) is 18.2 Å². The minimum Gasteiger partial charge on any atom is -0.395 e. The maximum atomic E-state index is 12.4. The van der Waals surface area contributed by atoms with Gasteiger partial charge >= 0.3 is 0 Å². The first-order valence-electron chi connectivity index (χ1n) is 6.74. The van der Waals surface area contributed by atoms with Crippen LogP contribution in [0.2, 0.25) is 0 Å². The molecule has 1 atom stereocenters. The molecule has 3 N–H and O–H groups in total. The van der Waals surface area contributed by atoms with E-state index in [1.54, 1.807) is 36.4 Å². The van der Waals surface area contributed by atoms with Crippen LogP contribution < -0.4 is 5.73 Å². The number of hydrogen-bond acceptors (Lipinski definition) is 4. The molecule has 0 aliphatic heterocycles. The molecule has 2 aromatic carbocycles. The zero-order chi connectivity index (χ0) is 15.3. The third-order valence-corrected chi connectivity index (χ3v) is 4.96. The summed E-state index contributed by atoms with van der Waals surface area (Å²) in [6.07, 6.45) is 0.455. The quantitative estimate of drug-likeness (QED) is 0.841. The number of sulfone groups is 1. The molecule has 0 heterocycles. The normalized spacial score (nSPS) is 12.5. The Labute approximate surface area is 137 Å². The van der Waals surface area contributed by atoms with Crippen LogP contribution in [-0.4, -0.2) is 26.2 Å². The van der Waals surface area contributed by atoms with E-state index in [4.69, 9.17) is 10.8 Å². The zero-order valence-electron chi connectivity index (χ0n) is 12.1. The molecule has 0 bridgehead atoms. The summed E-state index contributed by atoms with van der Waals surface area (Å²) in [6.45, 7) is -0.125. The van der Waals surface area contributed by atoms with Gasteiger partial charge in [-0.15, -0.1) is 12.4 Å². The average molecular weight is 342 g/mol. The van der Waals surface area contributed by atoms with Crippen molar-refractivity contribution < 1.29 is 13.5 Å². The Morgan fingerprint density at radius 3 is 2.09 bits per heavy atom. The number of halogens is 1. The molecule has 6 heteroatoms. The largest absolute Gasteiger partial charge is 0.395 e. The lowest BCUT2D eigenvalue weighted by molar-refractivity contribution is 0.265. The van der Waals surface area contributed by atoms with Gasteiger partial charge in [0.1, 0.15) is 0 Å². The van der Waals surface area contributed by atoms with Crippen LogP contribution in [0, 0.1) is 0 Å². The Morgan fingerprint density at radius 2 is 1.50 bits per heavy atom. The van der Waals surface area contributed by atoms with E-state index < -0.39 is 9.84 Å². The summed E-state index contributed by atoms with van der Waals surface area (Å²) < 4.78 is 24.9. The molecule has 2 aromatic rings. The van der Waals surface area contributed by atoms with Crippen molar-refractivity contribution in [3.8, 4) is 0 Å². The van der Waals surface area contributed by atoms with Crippen molar-refractivity contribution in [2.45, 2.75) is 23.1 Å². The smallest absolute Gasteiger partial charge is 0.182 e. The van der Waals surface area contributed by atoms with Crippen LogP contribution in [0.25, 0.3) is 0 Å². The fourth-order valence-corrected chi connectivity index (χ4v) is 3.59. The zero-order valence-corrected chi connectivity index (χ0v) is 13.7. The number of benzene rings is 2. The molecule has 22 heavy (non-hydrogen) atoms. The second-order valence-corrected chi connectivity index (χ2v) is 6.98. The molecule has 2 rings (SSSR count). The SMILES string of the molecule is Cl.NC(CO)Cc1ccccc1CS(=O)(=O)c1ccccc1. The molecule has 0 aliphatic rings. The van der Waals surface area contributed by atoms with Gasteiger partial charge in [0, 0.05) is 6.04 Å². The molecular formula is C16H20ClNO3S. The third kappa shape index (κ3) is 4.81. The van der Waals surface area contributed by atoms with E-state index in [-0.39, 0.29) is 30.8 Å². The highest BCUT2D eigenvalue weighted by Gasteiger charge is 2.17. The van der Waals surface area contributed by atoms with Crippen molar-refractivity contribution in [3.05, 3.63) is 65.7 Å². The Bertz CT molecular complexity index is 690. The molecule has 0 spiro atoms. The van der Waals surface area contributed by atoms with Crippen molar-refractivity contribution >= 4 is 22.2 Å². The predicted octanol–water partition coefficient (Wildman–Crippen LogP) is 1.94. The number of hydrogen-bond donors (Lipinski definition) is 2. The second kappa shape index (κ2) is 8.29. The molecule has 0 aliphatic carbocycles. The second-order valence-electron chi connectivity index (χ2n) is 4.99. The highest BCUT2D eigenvalue weighted by molar-refractivity contribution is 7.90. The summed E-state index contributed by atoms with van der Waals surface area (Å²) in [5.74, 6) is -0.0642. The van der Waals surface area contributed by atoms with Gasteiger partial charge in [-0.05, 0) is 29.7 Å². The molecule has 0 aromatic heterocycles. The average Bonchev–Trinajstić information content (AvgIpc) is 2.50. The van der Waals surface area contributed by atoms with Crippen LogP contribution in [0.5, 0.6) is 0 Å². The van der Waals surface area contributed by atoms with Gasteiger partial charge in [0.15, 0.2) is 9.84 Å². The summed E-state index contributed by atoms with van der Waals surface area (Å²) in [6, 6.07) is 15.3. The van der Waals surface area contributed by atoms with Gasteiger partial charge in [0.2, 0.25) is 0 Å². The molecule has 0 radical (unpaired) electrons. The van der Waals surface area contributed by atoms with Crippen molar-refractivity contribution in [3.63, 3.8) is 0 Å². The van der Waals surface area contributed by atoms with Crippen LogP contribution in [0.1, 0.15) is 11.1 Å². The maximum Gasteiger partial charge on any atom is 0.182 e. The molecule has 120 valence electrons. The van der Waals surface area contributed by atoms with Crippen LogP contribution in [0.15, 0.2) is 59.5 Å². The van der Waals surface area contributed by atoms with Gasteiger partial charge in [-0.2, -0.15) is 0 Å². The Morgan fingerprint density at radius 1 is 0.955 bits per heavy atom. The van der Waals surface area contributed by atoms with E-state index >= 15 is 0 Å². The van der Waals surface area contributed by atoms with Gasteiger partial charge in [-0.1, -0.05) is 42.5 Å². The Hall–Kier alpha value is -1.40. The van der Waals surface area contributed by atoms with E-state index in [9.17, 15) is 8.42 Å². The van der Waals surface area contributed by atoms with E-state index in [1.165, 1.54) is 0 Å². The molecule has 0 fully saturated rings. The highest BCUT2D eigenvalue weighted by Crippen LogP contribution is 2.19. The topological polar surface area (TPSA) is 80.4 Å². The van der Waals surface area contributed by atoms with E-state index in [0.29, 0.717) is 11.3 Å². The van der Waals surface area contributed by atoms with Gasteiger partial charge in [-0.3, -0.25) is 0 Å². The Balaban J connectivity index is 0.00000242. The van der Waals surface area contributed by atoms with Crippen molar-refractivity contribution in [2.75, 3.05) is 6.61 Å². The Kier molecular flexibility index (Phi) is 7.03. The summed E-state index contributed by atoms with van der Waals surface area (Å²) in [4.78, 5) is 0.311. The van der Waals surface area contributed by atoms with E-state index in [2.05, 4.69) is 0 Å². The minimum atomic E-state index is -3.38. The first kappa shape index (κ1) is 18.6. The summed E-state index contributed by atoms with van der Waals surface area (Å²) in [7, 11) is -3.38. The third-order valence-electron chi connectivity index (χ3n) is 3.28. The first-order valence-corrected chi connectivity index (χ1v) is 8.39. The monoisotopic (exact) mass is 341 g/mol. The van der Waals surface area contributed by atoms with Crippen LogP contribution in [0.4, 0.5) is 0 Å². The van der Waals surface area contributed by atoms with Crippen molar-refractivity contribution in [1.82, 2.24) is 0 Å². The predicted molar refractivity (Wildman–Crippen MR) is 89.8 cm³/mol. The van der Waals surface area contributed by atoms with Crippen LogP contribution >= 0.6 is 12.4 Å². The number of aliphatic hydroxyl groups is 1. The molecule has 1 unspecified atom stereocenters. The molecule has 0 saturated heterocycles. The first-order chi connectivity index (χ1) is 10.0. The standard InChI is InChI=1S/C16H19NO3S.ClH/c17-15(11-18)10-13-6-4-5-7-14(13)12-21(19,20)16-8-2-1-3-9-16;/h1-9,15,18H,10-12,17H2;1H. The molecular weight excluding hydrogens is 322 g/mol. The van der Waals surface area contributed by atoms with Crippen LogP contribution in [0.3, 0.4) is 0 Å². The van der Waals surface area contributed by atoms with Crippen molar-refractivity contribution in [2.24, 2.45) is 5.73 Å². The number of aliphatic hydroxyl groups excluding tert-OH is 1. The molecule has 0 saturated carbocycles. The summed E-state index contributed by atoms with van der Waals surface area (Å²) >= 11 is 0. The number of rotatable bonds is 6. The summed E-state index contributed by atoms with van der Waals surface area (Å²) in [5, 5.41) is 9.05. The highest BCUT2D eigenvalue weighted by atomic mass is 35.5. The number of nitrogens with two attached hydrogens (primary N) is 1. The fraction of sp³-hybridized carbons (Fsp3) is 0.250. The fourth-order valence-electron chi connectivity index (χ4n) is 2.16. The lowest BCUT2D eigenvalue weighted by atomic mass is 10.0. The maximum absolute atomic E-state index is 12.4. The van der Waals surface area contributed by atoms with E-state index in [0.717, 1.165) is 11.1 Å². The van der Waals surface area contributed by atoms with Gasteiger partial charge in [-0.25, -0.2) is 8.42 Å².